The zero-order chi connectivity index (χ0) is 15.2. The van der Waals surface area contributed by atoms with Crippen LogP contribution in [-0.4, -0.2) is 29.8 Å². The first-order chi connectivity index (χ1) is 9.45. The van der Waals surface area contributed by atoms with Crippen molar-refractivity contribution in [2.45, 2.75) is 40.5 Å². The Morgan fingerprint density at radius 2 is 1.80 bits per heavy atom. The zero-order valence-corrected chi connectivity index (χ0v) is 13.1. The molecule has 3 heteroatoms. The van der Waals surface area contributed by atoms with Crippen molar-refractivity contribution < 1.29 is 14.0 Å². The zero-order valence-electron chi connectivity index (χ0n) is 13.1. The molecule has 0 aliphatic rings. The fraction of sp³-hybridized carbons (Fsp3) is 0.471. The van der Waals surface area contributed by atoms with Crippen molar-refractivity contribution in [3.63, 3.8) is 0 Å². The van der Waals surface area contributed by atoms with Crippen molar-refractivity contribution in [1.29, 1.82) is 0 Å². The van der Waals surface area contributed by atoms with Crippen molar-refractivity contribution in [2.24, 2.45) is 0 Å². The SMILES string of the molecule is C=C(C)C(=O)OC(C)[N+](CC)(CC)Cc1ccccc1. The van der Waals surface area contributed by atoms with Crippen LogP contribution in [0.1, 0.15) is 33.3 Å². The van der Waals surface area contributed by atoms with E-state index in [-0.39, 0.29) is 12.2 Å². The van der Waals surface area contributed by atoms with Crippen molar-refractivity contribution in [1.82, 2.24) is 0 Å². The molecular formula is C17H26NO2+. The van der Waals surface area contributed by atoms with E-state index in [1.165, 1.54) is 5.56 Å². The highest BCUT2D eigenvalue weighted by Gasteiger charge is 2.33. The predicted octanol–water partition coefficient (Wildman–Crippen LogP) is 3.51. The Balaban J connectivity index is 2.90. The second kappa shape index (κ2) is 7.25. The molecular weight excluding hydrogens is 250 g/mol. The first-order valence-corrected chi connectivity index (χ1v) is 7.21. The number of nitrogens with zero attached hydrogens (tertiary/aromatic N) is 1. The highest BCUT2D eigenvalue weighted by molar-refractivity contribution is 5.86. The molecule has 0 bridgehead atoms. The summed E-state index contributed by atoms with van der Waals surface area (Å²) in [7, 11) is 0. The lowest BCUT2D eigenvalue weighted by atomic mass is 10.1. The van der Waals surface area contributed by atoms with Crippen LogP contribution in [0.4, 0.5) is 0 Å². The summed E-state index contributed by atoms with van der Waals surface area (Å²) in [5, 5.41) is 0. The Bertz CT molecular complexity index is 449. The maximum Gasteiger partial charge on any atom is 0.337 e. The van der Waals surface area contributed by atoms with Crippen molar-refractivity contribution >= 4 is 5.97 Å². The summed E-state index contributed by atoms with van der Waals surface area (Å²) in [5.74, 6) is -0.310. The number of esters is 1. The average molecular weight is 276 g/mol. The highest BCUT2D eigenvalue weighted by atomic mass is 16.6. The number of carbonyl (C=O) groups is 1. The van der Waals surface area contributed by atoms with Crippen molar-refractivity contribution in [3.8, 4) is 0 Å². The van der Waals surface area contributed by atoms with Gasteiger partial charge in [0.15, 0.2) is 0 Å². The third-order valence-corrected chi connectivity index (χ3v) is 4.00. The molecule has 0 radical (unpaired) electrons. The highest BCUT2D eigenvalue weighted by Crippen LogP contribution is 2.21. The normalized spacial score (nSPS) is 12.8. The summed E-state index contributed by atoms with van der Waals surface area (Å²) < 4.78 is 6.29. The van der Waals surface area contributed by atoms with Crippen LogP contribution in [0.2, 0.25) is 0 Å². The van der Waals surface area contributed by atoms with E-state index in [0.717, 1.165) is 24.1 Å². The number of hydrogen-bond donors (Lipinski definition) is 0. The molecule has 0 saturated heterocycles. The second-order valence-corrected chi connectivity index (χ2v) is 5.28. The lowest BCUT2D eigenvalue weighted by Crippen LogP contribution is -2.55. The van der Waals surface area contributed by atoms with Gasteiger partial charge in [0.2, 0.25) is 6.23 Å². The van der Waals surface area contributed by atoms with E-state index in [9.17, 15) is 4.79 Å². The first kappa shape index (κ1) is 16.4. The lowest BCUT2D eigenvalue weighted by Gasteiger charge is -2.41. The molecule has 0 aliphatic carbocycles. The Labute approximate surface area is 122 Å². The summed E-state index contributed by atoms with van der Waals surface area (Å²) in [4.78, 5) is 11.8. The Morgan fingerprint density at radius 3 is 2.25 bits per heavy atom. The van der Waals surface area contributed by atoms with E-state index in [2.05, 4.69) is 32.6 Å². The third kappa shape index (κ3) is 3.94. The van der Waals surface area contributed by atoms with Crippen LogP contribution in [0, 0.1) is 0 Å². The standard InChI is InChI=1S/C17H26NO2/c1-6-18(7-2,13-16-11-9-8-10-12-16)15(5)20-17(19)14(3)4/h8-12,15H,3,6-7,13H2,1-2,4-5H3/q+1. The van der Waals surface area contributed by atoms with Crippen molar-refractivity contribution in [3.05, 3.63) is 48.0 Å². The van der Waals surface area contributed by atoms with Gasteiger partial charge in [0.05, 0.1) is 13.1 Å². The summed E-state index contributed by atoms with van der Waals surface area (Å²) in [6, 6.07) is 10.3. The molecule has 0 N–H and O–H groups in total. The number of rotatable bonds is 7. The molecule has 0 aliphatic heterocycles. The lowest BCUT2D eigenvalue weighted by molar-refractivity contribution is -0.976. The number of quaternary nitrogens is 1. The second-order valence-electron chi connectivity index (χ2n) is 5.28. The largest absolute Gasteiger partial charge is 0.409 e. The Morgan fingerprint density at radius 1 is 1.25 bits per heavy atom. The van der Waals surface area contributed by atoms with E-state index >= 15 is 0 Å². The van der Waals surface area contributed by atoms with E-state index < -0.39 is 0 Å². The molecule has 0 aromatic heterocycles. The molecule has 3 nitrogen and oxygen atoms in total. The van der Waals surface area contributed by atoms with E-state index in [0.29, 0.717) is 5.57 Å². The van der Waals surface area contributed by atoms with Crippen LogP contribution >= 0.6 is 0 Å². The van der Waals surface area contributed by atoms with Gasteiger partial charge in [0.1, 0.15) is 6.54 Å². The smallest absolute Gasteiger partial charge is 0.337 e. The Hall–Kier alpha value is -1.61. The van der Waals surface area contributed by atoms with Crippen LogP contribution in [-0.2, 0) is 16.1 Å². The van der Waals surface area contributed by atoms with Gasteiger partial charge in [0, 0.05) is 18.1 Å². The van der Waals surface area contributed by atoms with Crippen molar-refractivity contribution in [2.75, 3.05) is 13.1 Å². The van der Waals surface area contributed by atoms with E-state index in [4.69, 9.17) is 4.74 Å². The summed E-state index contributed by atoms with van der Waals surface area (Å²) in [6.07, 6.45) is -0.186. The van der Waals surface area contributed by atoms with Gasteiger partial charge in [0.25, 0.3) is 0 Å². The summed E-state index contributed by atoms with van der Waals surface area (Å²) in [6.45, 7) is 14.3. The molecule has 0 heterocycles. The van der Waals surface area contributed by atoms with Gasteiger partial charge in [-0.1, -0.05) is 36.9 Å². The molecule has 1 atom stereocenters. The van der Waals surface area contributed by atoms with Gasteiger partial charge < -0.3 is 4.74 Å². The average Bonchev–Trinajstić information content (AvgIpc) is 2.45. The monoisotopic (exact) mass is 276 g/mol. The maximum absolute atomic E-state index is 11.8. The quantitative estimate of drug-likeness (QED) is 0.330. The van der Waals surface area contributed by atoms with Gasteiger partial charge in [-0.2, -0.15) is 0 Å². The number of hydrogen-bond acceptors (Lipinski definition) is 2. The number of carbonyl (C=O) groups excluding carboxylic acids is 1. The minimum atomic E-state index is -0.310. The fourth-order valence-electron chi connectivity index (χ4n) is 2.40. The molecule has 1 aromatic carbocycles. The van der Waals surface area contributed by atoms with Gasteiger partial charge in [-0.05, 0) is 20.8 Å². The van der Waals surface area contributed by atoms with Gasteiger partial charge >= 0.3 is 5.97 Å². The number of ether oxygens (including phenoxy) is 1. The minimum Gasteiger partial charge on any atom is -0.409 e. The van der Waals surface area contributed by atoms with Gasteiger partial charge in [-0.15, -0.1) is 0 Å². The minimum absolute atomic E-state index is 0.186. The first-order valence-electron chi connectivity index (χ1n) is 7.21. The molecule has 20 heavy (non-hydrogen) atoms. The fourth-order valence-corrected chi connectivity index (χ4v) is 2.40. The van der Waals surface area contributed by atoms with Crippen LogP contribution in [0.5, 0.6) is 0 Å². The molecule has 1 rings (SSSR count). The third-order valence-electron chi connectivity index (χ3n) is 4.00. The predicted molar refractivity (Wildman–Crippen MR) is 81.9 cm³/mol. The van der Waals surface area contributed by atoms with Crippen LogP contribution in [0.25, 0.3) is 0 Å². The van der Waals surface area contributed by atoms with Gasteiger partial charge in [-0.3, -0.25) is 4.48 Å². The van der Waals surface area contributed by atoms with Crippen LogP contribution in [0.3, 0.4) is 0 Å². The Kier molecular flexibility index (Phi) is 5.96. The molecule has 110 valence electrons. The molecule has 0 saturated carbocycles. The molecule has 1 aromatic rings. The van der Waals surface area contributed by atoms with Crippen LogP contribution < -0.4 is 0 Å². The summed E-state index contributed by atoms with van der Waals surface area (Å²) in [5.41, 5.74) is 1.70. The summed E-state index contributed by atoms with van der Waals surface area (Å²) >= 11 is 0. The van der Waals surface area contributed by atoms with Crippen LogP contribution in [0.15, 0.2) is 42.5 Å². The molecule has 0 amide bonds. The molecule has 0 fully saturated rings. The molecule has 0 spiro atoms. The van der Waals surface area contributed by atoms with E-state index in [1.54, 1.807) is 6.92 Å². The van der Waals surface area contributed by atoms with E-state index in [1.807, 2.05) is 25.1 Å². The van der Waals surface area contributed by atoms with Gasteiger partial charge in [-0.25, -0.2) is 4.79 Å². The number of benzene rings is 1. The maximum atomic E-state index is 11.8. The molecule has 1 unspecified atom stereocenters. The topological polar surface area (TPSA) is 26.3 Å².